The van der Waals surface area contributed by atoms with Gasteiger partial charge in [0.25, 0.3) is 11.8 Å². The Morgan fingerprint density at radius 2 is 1.36 bits per heavy atom. The Morgan fingerprint density at radius 1 is 0.760 bits per heavy atom. The third-order valence-corrected chi connectivity index (χ3v) is 4.08. The third-order valence-electron chi connectivity index (χ3n) is 4.08. The zero-order valence-electron chi connectivity index (χ0n) is 13.0. The Bertz CT molecular complexity index is 977. The van der Waals surface area contributed by atoms with Crippen LogP contribution in [0.4, 0.5) is 5.69 Å². The average molecular weight is 328 g/mol. The smallest absolute Gasteiger partial charge is 0.266 e. The second-order valence-corrected chi connectivity index (χ2v) is 5.55. The summed E-state index contributed by atoms with van der Waals surface area (Å²) < 4.78 is 0. The van der Waals surface area contributed by atoms with Gasteiger partial charge in [0.2, 0.25) is 5.78 Å². The second kappa shape index (κ2) is 5.79. The average Bonchev–Trinajstić information content (AvgIpc) is 2.93. The number of fused-ring (bicyclic) bond motifs is 1. The van der Waals surface area contributed by atoms with E-state index in [-0.39, 0.29) is 22.7 Å². The van der Waals surface area contributed by atoms with E-state index in [0.717, 1.165) is 4.90 Å². The van der Waals surface area contributed by atoms with Crippen molar-refractivity contribution in [1.82, 2.24) is 4.98 Å². The summed E-state index contributed by atoms with van der Waals surface area (Å²) in [4.78, 5) is 43.3. The van der Waals surface area contributed by atoms with E-state index >= 15 is 0 Å². The molecule has 3 aromatic rings. The summed E-state index contributed by atoms with van der Waals surface area (Å²) >= 11 is 0. The molecule has 0 unspecified atom stereocenters. The molecule has 0 bridgehead atoms. The van der Waals surface area contributed by atoms with Crippen LogP contribution in [0.5, 0.6) is 0 Å². The molecule has 25 heavy (non-hydrogen) atoms. The molecule has 5 nitrogen and oxygen atoms in total. The number of benzene rings is 2. The number of rotatable bonds is 3. The molecule has 1 aromatic heterocycles. The van der Waals surface area contributed by atoms with Crippen LogP contribution in [0.15, 0.2) is 72.9 Å². The highest BCUT2D eigenvalue weighted by atomic mass is 16.2. The van der Waals surface area contributed by atoms with Crippen LogP contribution in [0.25, 0.3) is 0 Å². The number of carbonyl (C=O) groups excluding carboxylic acids is 3. The van der Waals surface area contributed by atoms with Crippen molar-refractivity contribution in [2.75, 3.05) is 4.90 Å². The molecule has 0 saturated heterocycles. The summed E-state index contributed by atoms with van der Waals surface area (Å²) in [6.07, 6.45) is 1.53. The molecule has 2 heterocycles. The first-order valence-electron chi connectivity index (χ1n) is 7.71. The number of amides is 2. The van der Waals surface area contributed by atoms with Gasteiger partial charge < -0.3 is 0 Å². The Morgan fingerprint density at radius 3 is 2.00 bits per heavy atom. The highest BCUT2D eigenvalue weighted by Gasteiger charge is 2.38. The molecule has 1 aliphatic rings. The first-order valence-corrected chi connectivity index (χ1v) is 7.71. The first kappa shape index (κ1) is 15.0. The van der Waals surface area contributed by atoms with E-state index in [1.54, 1.807) is 66.7 Å². The van der Waals surface area contributed by atoms with Crippen LogP contribution in [0, 0.1) is 0 Å². The number of aromatic nitrogens is 1. The zero-order valence-corrected chi connectivity index (χ0v) is 13.0. The molecule has 0 N–H and O–H groups in total. The summed E-state index contributed by atoms with van der Waals surface area (Å²) in [5.41, 5.74) is 1.46. The molecule has 0 atom stereocenters. The minimum absolute atomic E-state index is 0.256. The third kappa shape index (κ3) is 2.33. The summed E-state index contributed by atoms with van der Waals surface area (Å²) in [5, 5.41) is 0. The Labute approximate surface area is 143 Å². The number of ketones is 1. The molecule has 120 valence electrons. The van der Waals surface area contributed by atoms with Gasteiger partial charge in [-0.15, -0.1) is 0 Å². The Kier molecular flexibility index (Phi) is 3.47. The van der Waals surface area contributed by atoms with Crippen molar-refractivity contribution in [3.8, 4) is 0 Å². The summed E-state index contributed by atoms with van der Waals surface area (Å²) in [5.74, 6) is -1.20. The van der Waals surface area contributed by atoms with Gasteiger partial charge in [-0.05, 0) is 36.4 Å². The van der Waals surface area contributed by atoms with Crippen molar-refractivity contribution in [3.63, 3.8) is 0 Å². The van der Waals surface area contributed by atoms with E-state index in [9.17, 15) is 14.4 Å². The van der Waals surface area contributed by atoms with E-state index in [2.05, 4.69) is 4.98 Å². The summed E-state index contributed by atoms with van der Waals surface area (Å²) in [6, 6.07) is 18.2. The number of para-hydroxylation sites is 1. The largest absolute Gasteiger partial charge is 0.287 e. The maximum atomic E-state index is 12.8. The fourth-order valence-corrected chi connectivity index (χ4v) is 2.90. The van der Waals surface area contributed by atoms with Gasteiger partial charge in [-0.1, -0.05) is 30.3 Å². The van der Waals surface area contributed by atoms with Gasteiger partial charge in [0, 0.05) is 11.8 Å². The maximum Gasteiger partial charge on any atom is 0.266 e. The number of pyridine rings is 1. The lowest BCUT2D eigenvalue weighted by molar-refractivity contribution is 0.0926. The van der Waals surface area contributed by atoms with Gasteiger partial charge in [-0.2, -0.15) is 0 Å². The zero-order chi connectivity index (χ0) is 17.4. The van der Waals surface area contributed by atoms with Crippen molar-refractivity contribution in [2.24, 2.45) is 0 Å². The summed E-state index contributed by atoms with van der Waals surface area (Å²) in [7, 11) is 0. The van der Waals surface area contributed by atoms with E-state index in [1.807, 2.05) is 0 Å². The van der Waals surface area contributed by atoms with Crippen molar-refractivity contribution >= 4 is 23.3 Å². The maximum absolute atomic E-state index is 12.8. The van der Waals surface area contributed by atoms with Gasteiger partial charge in [-0.25, -0.2) is 4.90 Å². The molecule has 0 aliphatic carbocycles. The molecule has 1 aliphatic heterocycles. The lowest BCUT2D eigenvalue weighted by Crippen LogP contribution is -2.31. The molecule has 0 radical (unpaired) electrons. The SMILES string of the molecule is O=C(c1ccccn1)c1ccccc1N1C(=O)c2ccccc2C1=O. The van der Waals surface area contributed by atoms with Gasteiger partial charge in [0.15, 0.2) is 0 Å². The first-order chi connectivity index (χ1) is 12.2. The van der Waals surface area contributed by atoms with E-state index in [1.165, 1.54) is 6.20 Å². The highest BCUT2D eigenvalue weighted by molar-refractivity contribution is 6.35. The highest BCUT2D eigenvalue weighted by Crippen LogP contribution is 2.31. The monoisotopic (exact) mass is 328 g/mol. The number of hydrogen-bond acceptors (Lipinski definition) is 4. The van der Waals surface area contributed by atoms with Crippen molar-refractivity contribution in [1.29, 1.82) is 0 Å². The summed E-state index contributed by atoms with van der Waals surface area (Å²) in [6.45, 7) is 0. The molecule has 0 saturated carbocycles. The quantitative estimate of drug-likeness (QED) is 0.547. The van der Waals surface area contributed by atoms with Crippen LogP contribution in [0.3, 0.4) is 0 Å². The molecule has 5 heteroatoms. The molecule has 0 spiro atoms. The lowest BCUT2D eigenvalue weighted by Gasteiger charge is -2.17. The van der Waals surface area contributed by atoms with Crippen molar-refractivity contribution in [3.05, 3.63) is 95.3 Å². The number of carbonyl (C=O) groups is 3. The lowest BCUT2D eigenvalue weighted by atomic mass is 10.0. The Hall–Kier alpha value is -3.60. The number of imide groups is 1. The fraction of sp³-hybridized carbons (Fsp3) is 0. The molecule has 2 amide bonds. The van der Waals surface area contributed by atoms with Crippen molar-refractivity contribution < 1.29 is 14.4 Å². The molecular formula is C20H12N2O3. The van der Waals surface area contributed by atoms with Crippen LogP contribution in [-0.2, 0) is 0 Å². The predicted octanol–water partition coefficient (Wildman–Crippen LogP) is 3.11. The Balaban J connectivity index is 1.82. The van der Waals surface area contributed by atoms with Crippen molar-refractivity contribution in [2.45, 2.75) is 0 Å². The molecule has 4 rings (SSSR count). The molecular weight excluding hydrogens is 316 g/mol. The molecule has 0 fully saturated rings. The standard InChI is InChI=1S/C20H12N2O3/c23-18(16-10-5-6-12-21-16)15-9-3-4-11-17(15)22-19(24)13-7-1-2-8-14(13)20(22)25/h1-12H. The molecule has 2 aromatic carbocycles. The number of hydrogen-bond donors (Lipinski definition) is 0. The van der Waals surface area contributed by atoms with Gasteiger partial charge in [0.1, 0.15) is 5.69 Å². The van der Waals surface area contributed by atoms with E-state index in [0.29, 0.717) is 11.1 Å². The van der Waals surface area contributed by atoms with Crippen LogP contribution in [0.1, 0.15) is 36.8 Å². The minimum atomic E-state index is -0.429. The fourth-order valence-electron chi connectivity index (χ4n) is 2.90. The minimum Gasteiger partial charge on any atom is -0.287 e. The number of anilines is 1. The van der Waals surface area contributed by atoms with Crippen LogP contribution < -0.4 is 4.90 Å². The normalized spacial score (nSPS) is 13.0. The van der Waals surface area contributed by atoms with Gasteiger partial charge >= 0.3 is 0 Å². The van der Waals surface area contributed by atoms with Crippen LogP contribution in [0.2, 0.25) is 0 Å². The topological polar surface area (TPSA) is 67.3 Å². The van der Waals surface area contributed by atoms with E-state index in [4.69, 9.17) is 0 Å². The second-order valence-electron chi connectivity index (χ2n) is 5.55. The van der Waals surface area contributed by atoms with Gasteiger partial charge in [-0.3, -0.25) is 19.4 Å². The number of nitrogens with zero attached hydrogens (tertiary/aromatic N) is 2. The van der Waals surface area contributed by atoms with Crippen LogP contribution in [-0.4, -0.2) is 22.6 Å². The van der Waals surface area contributed by atoms with Crippen LogP contribution >= 0.6 is 0 Å². The van der Waals surface area contributed by atoms with E-state index < -0.39 is 11.8 Å². The van der Waals surface area contributed by atoms with Gasteiger partial charge in [0.05, 0.1) is 16.8 Å². The predicted molar refractivity (Wildman–Crippen MR) is 91.7 cm³/mol.